The molecule has 4 N–H and O–H groups in total. The van der Waals surface area contributed by atoms with E-state index in [1.165, 1.54) is 27.2 Å². The van der Waals surface area contributed by atoms with Gasteiger partial charge in [0, 0.05) is 7.05 Å². The number of carbonyl (C=O) groups excluding carboxylic acids is 1. The molecule has 1 saturated heterocycles. The van der Waals surface area contributed by atoms with Crippen molar-refractivity contribution in [2.45, 2.75) is 43.8 Å². The molecule has 45 heavy (non-hydrogen) atoms. The fourth-order valence-electron chi connectivity index (χ4n) is 5.41. The first kappa shape index (κ1) is 32.4. The van der Waals surface area contributed by atoms with Crippen molar-refractivity contribution in [3.8, 4) is 17.1 Å². The van der Waals surface area contributed by atoms with Gasteiger partial charge < -0.3 is 34.6 Å². The lowest BCUT2D eigenvalue weighted by molar-refractivity contribution is -1.09. The number of quaternary nitrogens is 1. The second kappa shape index (κ2) is 12.4. The smallest absolute Gasteiger partial charge is 0.378 e. The maximum Gasteiger partial charge on any atom is 0.378 e. The number of esters is 1. The van der Waals surface area contributed by atoms with Gasteiger partial charge in [0.2, 0.25) is 10.0 Å². The number of aliphatic hydroxyl groups excluding tert-OH is 3. The Morgan fingerprint density at radius 2 is 1.93 bits per heavy atom. The molecule has 0 radical (unpaired) electrons. The van der Waals surface area contributed by atoms with Crippen molar-refractivity contribution < 1.29 is 47.5 Å². The second-order valence-corrected chi connectivity index (χ2v) is 13.0. The maximum atomic E-state index is 13.8. The number of nitrogens with zero attached hydrogens (tertiary/aromatic N) is 5. The minimum absolute atomic E-state index is 0.00848. The molecule has 16 nitrogen and oxygen atoms in total. The number of aromatic nitrogens is 4. The summed E-state index contributed by atoms with van der Waals surface area (Å²) in [5.74, 6) is -1.75. The first-order valence-corrected chi connectivity index (χ1v) is 16.0. The average molecular weight is 650 g/mol. The largest absolute Gasteiger partial charge is 0.499 e. The topological polar surface area (TPSA) is 206 Å². The van der Waals surface area contributed by atoms with E-state index in [1.54, 1.807) is 21.0 Å². The first-order chi connectivity index (χ1) is 21.3. The fraction of sp³-hybridized carbons (Fsp3) is 0.500. The molecule has 244 valence electrons. The molecule has 0 saturated carbocycles. The second-order valence-electron chi connectivity index (χ2n) is 11.1. The van der Waals surface area contributed by atoms with E-state index in [9.17, 15) is 33.3 Å². The highest BCUT2D eigenvalue weighted by Crippen LogP contribution is 2.34. The molecule has 2 unspecified atom stereocenters. The zero-order valence-electron chi connectivity index (χ0n) is 25.4. The van der Waals surface area contributed by atoms with Crippen LogP contribution in [0.3, 0.4) is 0 Å². The lowest BCUT2D eigenvalue weighted by atomic mass is 10.1. The number of H-pyrrole nitrogens is 1. The zero-order chi connectivity index (χ0) is 32.7. The molecule has 4 heterocycles. The first-order valence-electron chi connectivity index (χ1n) is 14.5. The fourth-order valence-corrected chi connectivity index (χ4v) is 6.86. The SMILES string of the molecule is CCCc1nn(C)c2c(=O)[nH]c(-c3cc(S(=O)(=O)N4CC[N+](C)(OC5=C(O)C(=O)OC5C(O)CO)CC4)ccc3OCC)nc12. The Labute approximate surface area is 258 Å². The number of sulfonamides is 1. The summed E-state index contributed by atoms with van der Waals surface area (Å²) in [7, 11) is -0.751. The van der Waals surface area contributed by atoms with Crippen LogP contribution in [0.15, 0.2) is 39.4 Å². The zero-order valence-corrected chi connectivity index (χ0v) is 26.2. The van der Waals surface area contributed by atoms with E-state index in [1.807, 2.05) is 6.92 Å². The Morgan fingerprint density at radius 3 is 2.58 bits per heavy atom. The molecule has 2 aliphatic heterocycles. The number of rotatable bonds is 11. The molecule has 0 spiro atoms. The molecular formula is C28H37N6O10S+. The van der Waals surface area contributed by atoms with Crippen LogP contribution in [0.5, 0.6) is 5.75 Å². The highest BCUT2D eigenvalue weighted by Gasteiger charge is 2.47. The van der Waals surface area contributed by atoms with Crippen LogP contribution >= 0.6 is 0 Å². The van der Waals surface area contributed by atoms with E-state index in [0.29, 0.717) is 41.1 Å². The van der Waals surface area contributed by atoms with Gasteiger partial charge in [0.1, 0.15) is 43.3 Å². The van der Waals surface area contributed by atoms with Gasteiger partial charge in [-0.05, 0) is 31.5 Å². The van der Waals surface area contributed by atoms with Gasteiger partial charge in [-0.15, -0.1) is 4.65 Å². The van der Waals surface area contributed by atoms with Gasteiger partial charge in [0.25, 0.3) is 17.1 Å². The van der Waals surface area contributed by atoms with Crippen LogP contribution in [0.1, 0.15) is 26.0 Å². The summed E-state index contributed by atoms with van der Waals surface area (Å²) in [5.41, 5.74) is 1.29. The van der Waals surface area contributed by atoms with Crippen molar-refractivity contribution in [3.05, 3.63) is 45.8 Å². The Hall–Kier alpha value is -4.03. The summed E-state index contributed by atoms with van der Waals surface area (Å²) in [5, 5.41) is 34.0. The monoisotopic (exact) mass is 649 g/mol. The van der Waals surface area contributed by atoms with Crippen LogP contribution in [0.4, 0.5) is 0 Å². The normalized spacial score (nSPS) is 19.6. The molecule has 1 fully saturated rings. The predicted octanol–water partition coefficient (Wildman–Crippen LogP) is 0.106. The number of hydroxylamine groups is 3. The molecule has 5 rings (SSSR count). The van der Waals surface area contributed by atoms with Crippen molar-refractivity contribution in [2.24, 2.45) is 7.05 Å². The highest BCUT2D eigenvalue weighted by molar-refractivity contribution is 7.89. The predicted molar refractivity (Wildman–Crippen MR) is 158 cm³/mol. The molecule has 0 bridgehead atoms. The van der Waals surface area contributed by atoms with Crippen LogP contribution in [0.2, 0.25) is 0 Å². The van der Waals surface area contributed by atoms with Crippen LogP contribution in [-0.2, 0) is 37.9 Å². The number of aromatic amines is 1. The molecule has 3 aromatic rings. The van der Waals surface area contributed by atoms with Crippen molar-refractivity contribution in [1.82, 2.24) is 24.1 Å². The van der Waals surface area contributed by atoms with Crippen molar-refractivity contribution in [3.63, 3.8) is 0 Å². The van der Waals surface area contributed by atoms with Crippen molar-refractivity contribution >= 4 is 27.0 Å². The van der Waals surface area contributed by atoms with Gasteiger partial charge in [0.15, 0.2) is 11.6 Å². The molecule has 2 aromatic heterocycles. The molecular weight excluding hydrogens is 612 g/mol. The lowest BCUT2D eigenvalue weighted by Gasteiger charge is -2.39. The third-order valence-electron chi connectivity index (χ3n) is 7.81. The van der Waals surface area contributed by atoms with E-state index >= 15 is 0 Å². The van der Waals surface area contributed by atoms with Crippen LogP contribution in [0.25, 0.3) is 22.4 Å². The molecule has 0 amide bonds. The van der Waals surface area contributed by atoms with E-state index in [4.69, 9.17) is 14.3 Å². The summed E-state index contributed by atoms with van der Waals surface area (Å²) in [4.78, 5) is 38.3. The molecule has 17 heteroatoms. The maximum absolute atomic E-state index is 13.8. The van der Waals surface area contributed by atoms with E-state index in [-0.39, 0.29) is 47.3 Å². The van der Waals surface area contributed by atoms with Crippen molar-refractivity contribution in [1.29, 1.82) is 0 Å². The lowest BCUT2D eigenvalue weighted by Crippen LogP contribution is -2.58. The number of nitrogens with one attached hydrogen (secondary N) is 1. The number of aryl methyl sites for hydroxylation is 2. The minimum atomic E-state index is -4.05. The van der Waals surface area contributed by atoms with Crippen LogP contribution in [-0.4, -0.2) is 117 Å². The van der Waals surface area contributed by atoms with Gasteiger partial charge in [-0.25, -0.2) is 18.2 Å². The summed E-state index contributed by atoms with van der Waals surface area (Å²) >= 11 is 0. The van der Waals surface area contributed by atoms with E-state index in [2.05, 4.69) is 15.1 Å². The Morgan fingerprint density at radius 1 is 1.22 bits per heavy atom. The number of benzene rings is 1. The van der Waals surface area contributed by atoms with E-state index in [0.717, 1.165) is 6.42 Å². The third kappa shape index (κ3) is 6.00. The average Bonchev–Trinajstić information content (AvgIpc) is 3.47. The van der Waals surface area contributed by atoms with Gasteiger partial charge in [-0.2, -0.15) is 9.40 Å². The number of cyclic esters (lactones) is 1. The van der Waals surface area contributed by atoms with E-state index < -0.39 is 46.1 Å². The number of fused-ring (bicyclic) bond motifs is 1. The quantitative estimate of drug-likeness (QED) is 0.161. The Kier molecular flexibility index (Phi) is 8.92. The third-order valence-corrected chi connectivity index (χ3v) is 9.71. The number of hydrogen-bond acceptors (Lipinski definition) is 12. The summed E-state index contributed by atoms with van der Waals surface area (Å²) in [6.07, 6.45) is -1.51. The molecule has 2 aliphatic rings. The molecule has 0 aliphatic carbocycles. The number of piperazine rings is 1. The summed E-state index contributed by atoms with van der Waals surface area (Å²) in [6, 6.07) is 4.38. The summed E-state index contributed by atoms with van der Waals surface area (Å²) < 4.78 is 40.9. The van der Waals surface area contributed by atoms with Gasteiger partial charge in [-0.1, -0.05) is 13.3 Å². The van der Waals surface area contributed by atoms with Gasteiger partial charge in [0.05, 0.1) is 42.5 Å². The van der Waals surface area contributed by atoms with Gasteiger partial charge in [-0.3, -0.25) is 9.48 Å². The number of hydrogen-bond donors (Lipinski definition) is 4. The Balaban J connectivity index is 1.43. The Bertz CT molecular complexity index is 1810. The minimum Gasteiger partial charge on any atom is -0.499 e. The molecule has 2 atom stereocenters. The number of carbonyl (C=O) groups is 1. The standard InChI is InChI=1S/C28H36N6O10S/c1-5-7-18-21-22(32(3)31-18)27(38)30-26(29-21)17-14-16(8-9-20(17)42-6-2)45(40,41)33-10-12-34(4,13-11-33)44-25-23(37)28(39)43-24(25)19(36)15-35/h8-9,14,19,24,35-36H,5-7,10-13,15H2,1-4H3,(H-,29,30,37,38)/p+1. The van der Waals surface area contributed by atoms with Crippen molar-refractivity contribution in [2.75, 3.05) is 46.4 Å². The number of aliphatic hydroxyl groups is 3. The van der Waals surface area contributed by atoms with Crippen LogP contribution < -0.4 is 10.3 Å². The number of ether oxygens (including phenoxy) is 2. The van der Waals surface area contributed by atoms with Gasteiger partial charge >= 0.3 is 5.97 Å². The summed E-state index contributed by atoms with van der Waals surface area (Å²) in [6.45, 7) is 3.58. The van der Waals surface area contributed by atoms with Crippen LogP contribution in [0, 0.1) is 0 Å². The molecule has 1 aromatic carbocycles. The highest BCUT2D eigenvalue weighted by atomic mass is 32.2. The number of likely N-dealkylation sites (N-methyl/N-ethyl adjacent to an activating group) is 1.